The summed E-state index contributed by atoms with van der Waals surface area (Å²) in [4.78, 5) is 12.9. The van der Waals surface area contributed by atoms with Crippen LogP contribution in [0.3, 0.4) is 0 Å². The fourth-order valence-electron chi connectivity index (χ4n) is 2.05. The second-order valence-corrected chi connectivity index (χ2v) is 6.50. The molecule has 4 aromatic heterocycles. The van der Waals surface area contributed by atoms with Crippen molar-refractivity contribution in [3.8, 4) is 10.8 Å². The maximum atomic E-state index is 5.70. The van der Waals surface area contributed by atoms with Gasteiger partial charge < -0.3 is 9.40 Å². The first-order valence-corrected chi connectivity index (χ1v) is 8.46. The molecule has 0 bridgehead atoms. The third kappa shape index (κ3) is 2.51. The monoisotopic (exact) mass is 329 g/mol. The Morgan fingerprint density at radius 3 is 3.09 bits per heavy atom. The van der Waals surface area contributed by atoms with Gasteiger partial charge in [0.05, 0.1) is 16.1 Å². The molecule has 0 fully saturated rings. The van der Waals surface area contributed by atoms with Crippen LogP contribution < -0.4 is 0 Å². The van der Waals surface area contributed by atoms with Gasteiger partial charge in [0, 0.05) is 6.20 Å². The third-order valence-corrected chi connectivity index (χ3v) is 4.94. The Hall–Kier alpha value is -2.19. The summed E-state index contributed by atoms with van der Waals surface area (Å²) in [5, 5.41) is 10.7. The number of imidazole rings is 1. The minimum Gasteiger partial charge on any atom is -0.410 e. The lowest BCUT2D eigenvalue weighted by atomic mass is 10.3. The highest BCUT2D eigenvalue weighted by atomic mass is 32.2. The number of rotatable bonds is 4. The van der Waals surface area contributed by atoms with Gasteiger partial charge in [-0.05, 0) is 36.1 Å². The number of aromatic amines is 1. The van der Waals surface area contributed by atoms with Crippen molar-refractivity contribution in [1.82, 2.24) is 25.1 Å². The number of fused-ring (bicyclic) bond motifs is 1. The quantitative estimate of drug-likeness (QED) is 0.575. The summed E-state index contributed by atoms with van der Waals surface area (Å²) in [7, 11) is 0. The van der Waals surface area contributed by atoms with Crippen LogP contribution in [-0.2, 0) is 5.75 Å². The van der Waals surface area contributed by atoms with E-state index in [2.05, 4.69) is 25.1 Å². The SMILES string of the molecule is Cc1ccsc1-c1nnc(SCc2nc3ncccc3[nH]2)o1. The van der Waals surface area contributed by atoms with E-state index < -0.39 is 0 Å². The molecule has 8 heteroatoms. The van der Waals surface area contributed by atoms with Crippen LogP contribution in [0.2, 0.25) is 0 Å². The zero-order chi connectivity index (χ0) is 14.9. The van der Waals surface area contributed by atoms with E-state index in [1.54, 1.807) is 17.5 Å². The zero-order valence-corrected chi connectivity index (χ0v) is 13.2. The van der Waals surface area contributed by atoms with Gasteiger partial charge in [0.25, 0.3) is 11.1 Å². The van der Waals surface area contributed by atoms with Crippen molar-refractivity contribution in [1.29, 1.82) is 0 Å². The van der Waals surface area contributed by atoms with E-state index in [1.807, 2.05) is 30.5 Å². The highest BCUT2D eigenvalue weighted by Gasteiger charge is 2.13. The molecule has 0 aliphatic rings. The average molecular weight is 329 g/mol. The van der Waals surface area contributed by atoms with Crippen LogP contribution in [0.1, 0.15) is 11.4 Å². The lowest BCUT2D eigenvalue weighted by Gasteiger charge is -1.92. The van der Waals surface area contributed by atoms with Gasteiger partial charge in [-0.3, -0.25) is 0 Å². The van der Waals surface area contributed by atoms with E-state index in [-0.39, 0.29) is 0 Å². The Morgan fingerprint density at radius 1 is 1.32 bits per heavy atom. The van der Waals surface area contributed by atoms with Gasteiger partial charge in [0.15, 0.2) is 5.65 Å². The summed E-state index contributed by atoms with van der Waals surface area (Å²) in [6.45, 7) is 2.03. The predicted octanol–water partition coefficient (Wildman–Crippen LogP) is 3.67. The molecular weight excluding hydrogens is 318 g/mol. The molecular formula is C14H11N5OS2. The maximum Gasteiger partial charge on any atom is 0.277 e. The van der Waals surface area contributed by atoms with E-state index in [0.717, 1.165) is 27.4 Å². The largest absolute Gasteiger partial charge is 0.410 e. The highest BCUT2D eigenvalue weighted by Crippen LogP contribution is 2.30. The summed E-state index contributed by atoms with van der Waals surface area (Å²) < 4.78 is 5.70. The summed E-state index contributed by atoms with van der Waals surface area (Å²) in [6.07, 6.45) is 1.73. The number of hydrogen-bond acceptors (Lipinski definition) is 7. The van der Waals surface area contributed by atoms with Gasteiger partial charge in [-0.25, -0.2) is 9.97 Å². The molecule has 1 N–H and O–H groups in total. The number of nitrogens with one attached hydrogen (secondary N) is 1. The molecule has 4 heterocycles. The van der Waals surface area contributed by atoms with Gasteiger partial charge in [0.2, 0.25) is 0 Å². The van der Waals surface area contributed by atoms with Crippen molar-refractivity contribution in [3.63, 3.8) is 0 Å². The van der Waals surface area contributed by atoms with Crippen molar-refractivity contribution < 1.29 is 4.42 Å². The Morgan fingerprint density at radius 2 is 2.27 bits per heavy atom. The molecule has 0 atom stereocenters. The van der Waals surface area contributed by atoms with Crippen LogP contribution >= 0.6 is 23.1 Å². The van der Waals surface area contributed by atoms with Crippen LogP contribution in [0, 0.1) is 6.92 Å². The van der Waals surface area contributed by atoms with Crippen molar-refractivity contribution in [2.24, 2.45) is 0 Å². The van der Waals surface area contributed by atoms with Gasteiger partial charge in [-0.15, -0.1) is 21.5 Å². The topological polar surface area (TPSA) is 80.5 Å². The number of thiophene rings is 1. The number of pyridine rings is 1. The van der Waals surface area contributed by atoms with Crippen LogP contribution in [0.25, 0.3) is 21.9 Å². The van der Waals surface area contributed by atoms with Crippen LogP contribution in [0.15, 0.2) is 39.4 Å². The second kappa shape index (κ2) is 5.54. The lowest BCUT2D eigenvalue weighted by Crippen LogP contribution is -1.83. The molecule has 0 amide bonds. The van der Waals surface area contributed by atoms with E-state index >= 15 is 0 Å². The number of hydrogen-bond donors (Lipinski definition) is 1. The Labute approximate surface area is 134 Å². The zero-order valence-electron chi connectivity index (χ0n) is 11.6. The predicted molar refractivity (Wildman–Crippen MR) is 85.8 cm³/mol. The van der Waals surface area contributed by atoms with Gasteiger partial charge in [-0.2, -0.15) is 0 Å². The fourth-order valence-corrected chi connectivity index (χ4v) is 3.52. The number of thioether (sulfide) groups is 1. The first-order chi connectivity index (χ1) is 10.8. The molecule has 110 valence electrons. The lowest BCUT2D eigenvalue weighted by molar-refractivity contribution is 0.466. The summed E-state index contributed by atoms with van der Waals surface area (Å²) in [5.41, 5.74) is 2.80. The normalized spacial score (nSPS) is 11.3. The Balaban J connectivity index is 1.50. The molecule has 0 saturated heterocycles. The summed E-state index contributed by atoms with van der Waals surface area (Å²) >= 11 is 3.06. The van der Waals surface area contributed by atoms with Crippen LogP contribution in [0.4, 0.5) is 0 Å². The first kappa shape index (κ1) is 13.5. The van der Waals surface area contributed by atoms with Gasteiger partial charge >= 0.3 is 0 Å². The molecule has 22 heavy (non-hydrogen) atoms. The smallest absolute Gasteiger partial charge is 0.277 e. The molecule has 4 rings (SSSR count). The van der Waals surface area contributed by atoms with Crippen LogP contribution in [0.5, 0.6) is 0 Å². The molecule has 0 radical (unpaired) electrons. The molecule has 0 unspecified atom stereocenters. The van der Waals surface area contributed by atoms with Gasteiger partial charge in [0.1, 0.15) is 5.82 Å². The number of nitrogens with zero attached hydrogens (tertiary/aromatic N) is 4. The summed E-state index contributed by atoms with van der Waals surface area (Å²) in [5.74, 6) is 2.04. The van der Waals surface area contributed by atoms with Crippen molar-refractivity contribution in [2.45, 2.75) is 17.9 Å². The molecule has 0 aliphatic carbocycles. The van der Waals surface area contributed by atoms with E-state index in [0.29, 0.717) is 16.9 Å². The highest BCUT2D eigenvalue weighted by molar-refractivity contribution is 7.98. The molecule has 0 saturated carbocycles. The molecule has 0 spiro atoms. The number of aryl methyl sites for hydroxylation is 1. The minimum atomic E-state index is 0.538. The third-order valence-electron chi connectivity index (χ3n) is 3.10. The maximum absolute atomic E-state index is 5.70. The average Bonchev–Trinajstić information content (AvgIpc) is 3.23. The molecule has 0 aliphatic heterocycles. The minimum absolute atomic E-state index is 0.538. The number of H-pyrrole nitrogens is 1. The summed E-state index contributed by atoms with van der Waals surface area (Å²) in [6, 6.07) is 5.87. The Bertz CT molecular complexity index is 893. The van der Waals surface area contributed by atoms with Crippen molar-refractivity contribution >= 4 is 34.3 Å². The van der Waals surface area contributed by atoms with E-state index in [4.69, 9.17) is 4.42 Å². The first-order valence-electron chi connectivity index (χ1n) is 6.60. The van der Waals surface area contributed by atoms with Gasteiger partial charge in [-0.1, -0.05) is 11.8 Å². The van der Waals surface area contributed by atoms with Crippen molar-refractivity contribution in [3.05, 3.63) is 41.2 Å². The van der Waals surface area contributed by atoms with E-state index in [1.165, 1.54) is 11.8 Å². The van der Waals surface area contributed by atoms with E-state index in [9.17, 15) is 0 Å². The molecule has 6 nitrogen and oxygen atoms in total. The number of aromatic nitrogens is 5. The standard InChI is InChI=1S/C14H11N5OS2/c1-8-4-6-21-11(8)13-18-19-14(20-13)22-7-10-16-9-3-2-5-15-12(9)17-10/h2-6H,7H2,1H3,(H,15,16,17). The second-order valence-electron chi connectivity index (χ2n) is 4.65. The van der Waals surface area contributed by atoms with Crippen LogP contribution in [-0.4, -0.2) is 25.1 Å². The Kier molecular flexibility index (Phi) is 3.39. The molecule has 0 aromatic carbocycles. The molecule has 4 aromatic rings. The van der Waals surface area contributed by atoms with Crippen molar-refractivity contribution in [2.75, 3.05) is 0 Å². The fraction of sp³-hybridized carbons (Fsp3) is 0.143.